The van der Waals surface area contributed by atoms with E-state index in [-0.39, 0.29) is 0 Å². The van der Waals surface area contributed by atoms with Gasteiger partial charge in [-0.1, -0.05) is 24.3 Å². The third kappa shape index (κ3) is 3.24. The van der Waals surface area contributed by atoms with Gasteiger partial charge in [0.1, 0.15) is 0 Å². The first kappa shape index (κ1) is 10.8. The van der Waals surface area contributed by atoms with Crippen molar-refractivity contribution in [2.24, 2.45) is 0 Å². The van der Waals surface area contributed by atoms with Crippen molar-refractivity contribution >= 4 is 18.3 Å². The second-order valence-corrected chi connectivity index (χ2v) is 3.31. The Labute approximate surface area is 84.2 Å². The average Bonchev–Trinajstić information content (AvgIpc) is 2.15. The largest absolute Gasteiger partial charge is 0.488 e. The van der Waals surface area contributed by atoms with Gasteiger partial charge in [0.25, 0.3) is 0 Å². The Kier molecular flexibility index (Phi) is 3.74. The van der Waals surface area contributed by atoms with E-state index in [1.807, 2.05) is 13.0 Å². The highest BCUT2D eigenvalue weighted by Gasteiger charge is 2.10. The maximum absolute atomic E-state index is 8.94. The number of benzene rings is 1. The summed E-state index contributed by atoms with van der Waals surface area (Å²) in [6.45, 7) is 6.38. The van der Waals surface area contributed by atoms with Crippen molar-refractivity contribution in [1.82, 2.24) is 0 Å². The molecule has 1 rings (SSSR count). The third-order valence-corrected chi connectivity index (χ3v) is 1.78. The van der Waals surface area contributed by atoms with Crippen molar-refractivity contribution in [2.75, 3.05) is 11.9 Å². The molecule has 0 aliphatic carbocycles. The molecule has 0 saturated heterocycles. The lowest BCUT2D eigenvalue weighted by Crippen LogP contribution is -2.29. The number of hydrogen-bond donors (Lipinski definition) is 3. The van der Waals surface area contributed by atoms with Gasteiger partial charge in [-0.05, 0) is 24.5 Å². The van der Waals surface area contributed by atoms with Gasteiger partial charge in [-0.2, -0.15) is 0 Å². The van der Waals surface area contributed by atoms with E-state index < -0.39 is 7.12 Å². The van der Waals surface area contributed by atoms with Crippen molar-refractivity contribution in [3.8, 4) is 0 Å². The van der Waals surface area contributed by atoms with Crippen LogP contribution in [-0.2, 0) is 0 Å². The predicted molar refractivity (Wildman–Crippen MR) is 59.6 cm³/mol. The van der Waals surface area contributed by atoms with Gasteiger partial charge in [0.05, 0.1) is 0 Å². The van der Waals surface area contributed by atoms with Crippen LogP contribution in [0.15, 0.2) is 36.4 Å². The molecule has 0 aliphatic rings. The first-order chi connectivity index (χ1) is 6.59. The molecule has 0 amide bonds. The van der Waals surface area contributed by atoms with E-state index in [0.29, 0.717) is 12.0 Å². The van der Waals surface area contributed by atoms with Crippen LogP contribution in [-0.4, -0.2) is 23.7 Å². The molecule has 3 N–H and O–H groups in total. The summed E-state index contributed by atoms with van der Waals surface area (Å²) in [6.07, 6.45) is 0. The molecule has 0 radical (unpaired) electrons. The fourth-order valence-electron chi connectivity index (χ4n) is 1.06. The first-order valence-corrected chi connectivity index (χ1v) is 4.44. The summed E-state index contributed by atoms with van der Waals surface area (Å²) in [5.74, 6) is 0. The molecule has 0 spiro atoms. The average molecular weight is 191 g/mol. The lowest BCUT2D eigenvalue weighted by molar-refractivity contribution is 0.426. The maximum Gasteiger partial charge on any atom is 0.488 e. The van der Waals surface area contributed by atoms with Crippen molar-refractivity contribution in [3.05, 3.63) is 36.4 Å². The van der Waals surface area contributed by atoms with Gasteiger partial charge in [-0.25, -0.2) is 0 Å². The highest BCUT2D eigenvalue weighted by atomic mass is 16.4. The minimum atomic E-state index is -1.42. The van der Waals surface area contributed by atoms with E-state index in [0.717, 1.165) is 11.3 Å². The summed E-state index contributed by atoms with van der Waals surface area (Å²) in [5, 5.41) is 21.0. The van der Waals surface area contributed by atoms with Crippen molar-refractivity contribution in [1.29, 1.82) is 0 Å². The molecule has 0 bridgehead atoms. The molecule has 3 nitrogen and oxygen atoms in total. The topological polar surface area (TPSA) is 52.5 Å². The molecule has 14 heavy (non-hydrogen) atoms. The zero-order valence-corrected chi connectivity index (χ0v) is 8.20. The number of rotatable bonds is 4. The predicted octanol–water partition coefficient (Wildman–Crippen LogP) is 0.354. The van der Waals surface area contributed by atoms with Gasteiger partial charge in [-0.3, -0.25) is 0 Å². The van der Waals surface area contributed by atoms with Crippen molar-refractivity contribution in [2.45, 2.75) is 6.92 Å². The molecule has 1 aromatic carbocycles. The molecule has 0 unspecified atom stereocenters. The highest BCUT2D eigenvalue weighted by molar-refractivity contribution is 6.58. The van der Waals surface area contributed by atoms with E-state index in [2.05, 4.69) is 11.9 Å². The van der Waals surface area contributed by atoms with E-state index in [4.69, 9.17) is 10.0 Å². The minimum absolute atomic E-state index is 0.483. The van der Waals surface area contributed by atoms with Crippen LogP contribution in [0, 0.1) is 0 Å². The monoisotopic (exact) mass is 191 g/mol. The van der Waals surface area contributed by atoms with Gasteiger partial charge in [-0.15, -0.1) is 0 Å². The summed E-state index contributed by atoms with van der Waals surface area (Å²) >= 11 is 0. The normalized spacial score (nSPS) is 9.64. The van der Waals surface area contributed by atoms with Crippen LogP contribution in [0.2, 0.25) is 0 Å². The summed E-state index contributed by atoms with van der Waals surface area (Å²) in [4.78, 5) is 0. The summed E-state index contributed by atoms with van der Waals surface area (Å²) in [5.41, 5.74) is 2.37. The molecule has 0 aliphatic heterocycles. The van der Waals surface area contributed by atoms with Gasteiger partial charge >= 0.3 is 7.12 Å². The van der Waals surface area contributed by atoms with Gasteiger partial charge in [0.2, 0.25) is 0 Å². The Morgan fingerprint density at radius 3 is 2.79 bits per heavy atom. The van der Waals surface area contributed by atoms with Crippen LogP contribution in [0.3, 0.4) is 0 Å². The molecule has 0 heterocycles. The summed E-state index contributed by atoms with van der Waals surface area (Å²) in [6, 6.07) is 7.01. The van der Waals surface area contributed by atoms with Crippen LogP contribution in [0.25, 0.3) is 0 Å². The Morgan fingerprint density at radius 2 is 2.21 bits per heavy atom. The van der Waals surface area contributed by atoms with Gasteiger partial charge in [0, 0.05) is 12.2 Å². The zero-order valence-electron chi connectivity index (χ0n) is 8.20. The Bertz CT molecular complexity index is 326. The van der Waals surface area contributed by atoms with Crippen LogP contribution in [0.1, 0.15) is 6.92 Å². The quantitative estimate of drug-likeness (QED) is 0.475. The Balaban J connectivity index is 2.68. The van der Waals surface area contributed by atoms with Gasteiger partial charge < -0.3 is 15.4 Å². The fraction of sp³-hybridized carbons (Fsp3) is 0.200. The number of anilines is 1. The van der Waals surface area contributed by atoms with Crippen LogP contribution in [0.4, 0.5) is 5.69 Å². The highest BCUT2D eigenvalue weighted by Crippen LogP contribution is 2.04. The molecule has 1 aromatic rings. The summed E-state index contributed by atoms with van der Waals surface area (Å²) in [7, 11) is -1.42. The standard InChI is InChI=1S/C10H14BNO2/c1-8(2)7-12-10-5-3-4-9(6-10)11(13)14/h3-6,12-14H,1,7H2,2H3. The van der Waals surface area contributed by atoms with E-state index in [1.54, 1.807) is 18.2 Å². The number of hydrogen-bond acceptors (Lipinski definition) is 3. The molecule has 0 fully saturated rings. The van der Waals surface area contributed by atoms with E-state index in [1.165, 1.54) is 0 Å². The maximum atomic E-state index is 8.94. The fourth-order valence-corrected chi connectivity index (χ4v) is 1.06. The first-order valence-electron chi connectivity index (χ1n) is 4.44. The zero-order chi connectivity index (χ0) is 10.6. The lowest BCUT2D eigenvalue weighted by Gasteiger charge is -2.07. The smallest absolute Gasteiger partial charge is 0.423 e. The lowest BCUT2D eigenvalue weighted by atomic mass is 9.80. The molecule has 0 atom stereocenters. The molecule has 0 saturated carbocycles. The second kappa shape index (κ2) is 4.84. The van der Waals surface area contributed by atoms with E-state index in [9.17, 15) is 0 Å². The Morgan fingerprint density at radius 1 is 1.50 bits per heavy atom. The Hall–Kier alpha value is -1.26. The van der Waals surface area contributed by atoms with Gasteiger partial charge in [0.15, 0.2) is 0 Å². The third-order valence-electron chi connectivity index (χ3n) is 1.78. The molecular weight excluding hydrogens is 177 g/mol. The van der Waals surface area contributed by atoms with Crippen LogP contribution >= 0.6 is 0 Å². The van der Waals surface area contributed by atoms with Crippen LogP contribution in [0.5, 0.6) is 0 Å². The van der Waals surface area contributed by atoms with Crippen molar-refractivity contribution in [3.63, 3.8) is 0 Å². The molecule has 4 heteroatoms. The second-order valence-electron chi connectivity index (χ2n) is 3.31. The minimum Gasteiger partial charge on any atom is -0.423 e. The molecule has 0 aromatic heterocycles. The van der Waals surface area contributed by atoms with Crippen LogP contribution < -0.4 is 10.8 Å². The molecular formula is C10H14BNO2. The van der Waals surface area contributed by atoms with E-state index >= 15 is 0 Å². The SMILES string of the molecule is C=C(C)CNc1cccc(B(O)O)c1. The number of nitrogens with one attached hydrogen (secondary N) is 1. The molecule has 74 valence electrons. The summed E-state index contributed by atoms with van der Waals surface area (Å²) < 4.78 is 0. The van der Waals surface area contributed by atoms with Crippen molar-refractivity contribution < 1.29 is 10.0 Å².